The van der Waals surface area contributed by atoms with E-state index >= 15 is 0 Å². The molecule has 1 spiro atoms. The van der Waals surface area contributed by atoms with Gasteiger partial charge in [-0.25, -0.2) is 4.99 Å². The number of nitrogens with one attached hydrogen (secondary N) is 3. The highest BCUT2D eigenvalue weighted by Gasteiger charge is 2.57. The van der Waals surface area contributed by atoms with Crippen molar-refractivity contribution in [3.05, 3.63) is 0 Å². The average Bonchev–Trinajstić information content (AvgIpc) is 2.80. The lowest BCUT2D eigenvalue weighted by Crippen LogP contribution is -2.73. The zero-order chi connectivity index (χ0) is 11.3. The van der Waals surface area contributed by atoms with E-state index in [9.17, 15) is 5.11 Å². The lowest BCUT2D eigenvalue weighted by Gasteiger charge is -2.47. The van der Waals surface area contributed by atoms with Crippen molar-refractivity contribution < 1.29 is 5.11 Å². The third-order valence-corrected chi connectivity index (χ3v) is 3.70. The van der Waals surface area contributed by atoms with E-state index in [0.717, 1.165) is 19.4 Å². The van der Waals surface area contributed by atoms with E-state index in [4.69, 9.17) is 11.1 Å². The van der Waals surface area contributed by atoms with Gasteiger partial charge in [0.25, 0.3) is 0 Å². The van der Waals surface area contributed by atoms with Crippen LogP contribution in [-0.4, -0.2) is 52.8 Å². The maximum atomic E-state index is 9.34. The van der Waals surface area contributed by atoms with Crippen molar-refractivity contribution in [1.29, 1.82) is 5.41 Å². The van der Waals surface area contributed by atoms with Gasteiger partial charge in [0.2, 0.25) is 0 Å². The Morgan fingerprint density at radius 3 is 3.25 bits per heavy atom. The van der Waals surface area contributed by atoms with Crippen molar-refractivity contribution in [3.8, 4) is 0 Å². The van der Waals surface area contributed by atoms with Gasteiger partial charge in [0, 0.05) is 6.54 Å². The first-order chi connectivity index (χ1) is 7.67. The molecular formula is C9H16N6O. The van der Waals surface area contributed by atoms with Crippen molar-refractivity contribution in [2.75, 3.05) is 13.2 Å². The monoisotopic (exact) mass is 224 g/mol. The standard InChI is InChI=1S/C9H16N6O/c10-7-13-6-5(4-16)12-8(11)15-3-1-2-9(6,15)14-7/h5-6,16H,1-4H2,(H2,11,12)(H3,10,13,14)/t5?,6-,9?/m0/s1. The van der Waals surface area contributed by atoms with Gasteiger partial charge in [-0.3, -0.25) is 5.41 Å². The van der Waals surface area contributed by atoms with E-state index in [1.165, 1.54) is 0 Å². The summed E-state index contributed by atoms with van der Waals surface area (Å²) in [5.74, 6) is 0.761. The molecule has 0 bridgehead atoms. The SMILES string of the molecule is N=C1NC(CO)[C@@H]2N=C(N)NC23CCCN13. The molecule has 0 aromatic rings. The number of nitrogens with zero attached hydrogens (tertiary/aromatic N) is 2. The molecule has 7 nitrogen and oxygen atoms in total. The van der Waals surface area contributed by atoms with Crippen LogP contribution in [0.5, 0.6) is 0 Å². The number of nitrogens with two attached hydrogens (primary N) is 1. The summed E-state index contributed by atoms with van der Waals surface area (Å²) < 4.78 is 0. The molecule has 2 fully saturated rings. The molecule has 0 aromatic carbocycles. The highest BCUT2D eigenvalue weighted by molar-refractivity contribution is 5.86. The normalized spacial score (nSPS) is 40.9. The van der Waals surface area contributed by atoms with Crippen LogP contribution in [0.4, 0.5) is 0 Å². The average molecular weight is 224 g/mol. The van der Waals surface area contributed by atoms with Gasteiger partial charge in [0.15, 0.2) is 11.9 Å². The largest absolute Gasteiger partial charge is 0.394 e. The molecular weight excluding hydrogens is 208 g/mol. The third kappa shape index (κ3) is 1.01. The summed E-state index contributed by atoms with van der Waals surface area (Å²) >= 11 is 0. The smallest absolute Gasteiger partial charge is 0.193 e. The molecule has 0 aliphatic carbocycles. The maximum absolute atomic E-state index is 9.34. The van der Waals surface area contributed by atoms with Gasteiger partial charge in [-0.1, -0.05) is 0 Å². The Bertz CT molecular complexity index is 369. The summed E-state index contributed by atoms with van der Waals surface area (Å²) in [7, 11) is 0. The van der Waals surface area contributed by atoms with Crippen LogP contribution < -0.4 is 16.4 Å². The van der Waals surface area contributed by atoms with Gasteiger partial charge in [-0.05, 0) is 12.8 Å². The molecule has 3 rings (SSSR count). The van der Waals surface area contributed by atoms with Crippen LogP contribution in [0.25, 0.3) is 0 Å². The summed E-state index contributed by atoms with van der Waals surface area (Å²) in [6, 6.07) is -0.343. The summed E-state index contributed by atoms with van der Waals surface area (Å²) in [6.07, 6.45) is 1.91. The fourth-order valence-corrected chi connectivity index (χ4v) is 3.08. The second kappa shape index (κ2) is 3.00. The van der Waals surface area contributed by atoms with Crippen LogP contribution in [0.3, 0.4) is 0 Å². The Morgan fingerprint density at radius 1 is 1.69 bits per heavy atom. The van der Waals surface area contributed by atoms with E-state index in [2.05, 4.69) is 15.6 Å². The van der Waals surface area contributed by atoms with Gasteiger partial charge in [0.05, 0.1) is 12.6 Å². The highest BCUT2D eigenvalue weighted by atomic mass is 16.3. The molecule has 0 radical (unpaired) electrons. The van der Waals surface area contributed by atoms with Gasteiger partial charge < -0.3 is 26.4 Å². The molecule has 3 atom stereocenters. The predicted molar refractivity (Wildman–Crippen MR) is 59.0 cm³/mol. The van der Waals surface area contributed by atoms with Crippen LogP contribution in [0.15, 0.2) is 4.99 Å². The molecule has 16 heavy (non-hydrogen) atoms. The maximum Gasteiger partial charge on any atom is 0.193 e. The fourth-order valence-electron chi connectivity index (χ4n) is 3.08. The second-order valence-electron chi connectivity index (χ2n) is 4.55. The molecule has 2 saturated heterocycles. The van der Waals surface area contributed by atoms with Crippen LogP contribution in [0, 0.1) is 5.41 Å². The topological polar surface area (TPSA) is 110 Å². The number of aliphatic imine (C=N–C) groups is 1. The first-order valence-electron chi connectivity index (χ1n) is 5.52. The predicted octanol–water partition coefficient (Wildman–Crippen LogP) is -2.04. The number of hydrogen-bond donors (Lipinski definition) is 5. The minimum Gasteiger partial charge on any atom is -0.394 e. The van der Waals surface area contributed by atoms with Gasteiger partial charge in [0.1, 0.15) is 11.7 Å². The van der Waals surface area contributed by atoms with Crippen LogP contribution in [0.1, 0.15) is 12.8 Å². The Balaban J connectivity index is 2.02. The van der Waals surface area contributed by atoms with Gasteiger partial charge >= 0.3 is 0 Å². The summed E-state index contributed by atoms with van der Waals surface area (Å²) in [5, 5.41) is 23.4. The Hall–Kier alpha value is -1.50. The summed E-state index contributed by atoms with van der Waals surface area (Å²) in [4.78, 5) is 6.32. The summed E-state index contributed by atoms with van der Waals surface area (Å²) in [5.41, 5.74) is 5.36. The molecule has 3 heterocycles. The quantitative estimate of drug-likeness (QED) is 0.353. The zero-order valence-corrected chi connectivity index (χ0v) is 8.90. The molecule has 0 saturated carbocycles. The molecule has 6 N–H and O–H groups in total. The van der Waals surface area contributed by atoms with Crippen molar-refractivity contribution in [2.24, 2.45) is 10.7 Å². The lowest BCUT2D eigenvalue weighted by atomic mass is 9.90. The van der Waals surface area contributed by atoms with E-state index in [0.29, 0.717) is 11.9 Å². The van der Waals surface area contributed by atoms with E-state index in [1.807, 2.05) is 4.90 Å². The molecule has 0 amide bonds. The molecule has 7 heteroatoms. The van der Waals surface area contributed by atoms with Crippen LogP contribution in [-0.2, 0) is 0 Å². The second-order valence-corrected chi connectivity index (χ2v) is 4.55. The molecule has 3 aliphatic rings. The Morgan fingerprint density at radius 2 is 2.50 bits per heavy atom. The van der Waals surface area contributed by atoms with E-state index in [-0.39, 0.29) is 24.4 Å². The van der Waals surface area contributed by atoms with Crippen molar-refractivity contribution in [2.45, 2.75) is 30.6 Å². The zero-order valence-electron chi connectivity index (χ0n) is 8.90. The van der Waals surface area contributed by atoms with Crippen molar-refractivity contribution in [1.82, 2.24) is 15.5 Å². The number of guanidine groups is 2. The first kappa shape index (κ1) is 9.71. The van der Waals surface area contributed by atoms with Gasteiger partial charge in [-0.15, -0.1) is 0 Å². The number of hydrogen-bond acceptors (Lipinski definition) is 5. The number of aliphatic hydroxyl groups is 1. The minimum atomic E-state index is -0.375. The Labute approximate surface area is 93.2 Å². The van der Waals surface area contributed by atoms with Crippen LogP contribution in [0.2, 0.25) is 0 Å². The van der Waals surface area contributed by atoms with E-state index in [1.54, 1.807) is 0 Å². The lowest BCUT2D eigenvalue weighted by molar-refractivity contribution is 0.0999. The minimum absolute atomic E-state index is 0.0406. The van der Waals surface area contributed by atoms with Crippen LogP contribution >= 0.6 is 0 Å². The molecule has 0 aromatic heterocycles. The number of rotatable bonds is 1. The van der Waals surface area contributed by atoms with Gasteiger partial charge in [-0.2, -0.15) is 0 Å². The number of aliphatic hydroxyl groups excluding tert-OH is 1. The molecule has 88 valence electrons. The van der Waals surface area contributed by atoms with E-state index < -0.39 is 0 Å². The van der Waals surface area contributed by atoms with Crippen molar-refractivity contribution >= 4 is 11.9 Å². The first-order valence-corrected chi connectivity index (χ1v) is 5.52. The molecule has 2 unspecified atom stereocenters. The third-order valence-electron chi connectivity index (χ3n) is 3.70. The highest BCUT2D eigenvalue weighted by Crippen LogP contribution is 2.38. The fraction of sp³-hybridized carbons (Fsp3) is 0.778. The Kier molecular flexibility index (Phi) is 1.82. The van der Waals surface area contributed by atoms with Crippen molar-refractivity contribution in [3.63, 3.8) is 0 Å². The summed E-state index contributed by atoms with van der Waals surface area (Å²) in [6.45, 7) is 0.789. The molecule has 3 aliphatic heterocycles.